The van der Waals surface area contributed by atoms with Gasteiger partial charge in [0, 0.05) is 13.3 Å². The van der Waals surface area contributed by atoms with E-state index >= 15 is 0 Å². The number of anilines is 1. The first-order valence-corrected chi connectivity index (χ1v) is 9.11. The summed E-state index contributed by atoms with van der Waals surface area (Å²) in [5.41, 5.74) is -0.204. The van der Waals surface area contributed by atoms with Gasteiger partial charge in [-0.15, -0.1) is 0 Å². The van der Waals surface area contributed by atoms with Crippen LogP contribution in [0, 0.1) is 6.92 Å². The molecule has 2 aromatic rings. The Balaban J connectivity index is 2.59. The molecule has 0 radical (unpaired) electrons. The van der Waals surface area contributed by atoms with Crippen LogP contribution in [0.3, 0.4) is 0 Å². The molecule has 1 aromatic carbocycles. The maximum atomic E-state index is 12.9. The fraction of sp³-hybridized carbons (Fsp3) is 0.267. The molecule has 25 heavy (non-hydrogen) atoms. The van der Waals surface area contributed by atoms with Gasteiger partial charge >= 0.3 is 6.18 Å². The normalized spacial score (nSPS) is 12.2. The van der Waals surface area contributed by atoms with E-state index in [0.717, 1.165) is 22.5 Å². The van der Waals surface area contributed by atoms with E-state index in [9.17, 15) is 21.6 Å². The van der Waals surface area contributed by atoms with Crippen molar-refractivity contribution in [2.24, 2.45) is 0 Å². The maximum absolute atomic E-state index is 12.9. The van der Waals surface area contributed by atoms with Crippen LogP contribution in [0.15, 0.2) is 46.0 Å². The molecule has 0 bridgehead atoms. The number of pyridine rings is 1. The van der Waals surface area contributed by atoms with Crippen LogP contribution in [0.5, 0.6) is 0 Å². The van der Waals surface area contributed by atoms with Crippen molar-refractivity contribution < 1.29 is 26.3 Å². The molecular weight excluding hydrogens is 425 g/mol. The van der Waals surface area contributed by atoms with Crippen molar-refractivity contribution >= 4 is 31.6 Å². The minimum atomic E-state index is -4.65. The van der Waals surface area contributed by atoms with E-state index in [4.69, 9.17) is 4.74 Å². The van der Waals surface area contributed by atoms with Gasteiger partial charge in [-0.3, -0.25) is 0 Å². The van der Waals surface area contributed by atoms with Gasteiger partial charge in [-0.05, 0) is 52.7 Å². The maximum Gasteiger partial charge on any atom is 0.416 e. The number of aryl methyl sites for hydroxylation is 1. The van der Waals surface area contributed by atoms with Gasteiger partial charge in [0.15, 0.2) is 0 Å². The van der Waals surface area contributed by atoms with Crippen LogP contribution in [-0.4, -0.2) is 27.2 Å². The van der Waals surface area contributed by atoms with Crippen molar-refractivity contribution in [1.82, 2.24) is 4.98 Å². The van der Waals surface area contributed by atoms with Gasteiger partial charge in [0.05, 0.1) is 16.1 Å². The summed E-state index contributed by atoms with van der Waals surface area (Å²) in [6, 6.07) is 5.09. The summed E-state index contributed by atoms with van der Waals surface area (Å²) in [5, 5.41) is 0. The van der Waals surface area contributed by atoms with Crippen molar-refractivity contribution in [1.29, 1.82) is 0 Å². The molecule has 0 amide bonds. The smallest absolute Gasteiger partial charge is 0.363 e. The van der Waals surface area contributed by atoms with E-state index in [0.29, 0.717) is 11.6 Å². The number of hydrogen-bond acceptors (Lipinski definition) is 4. The fourth-order valence-corrected chi connectivity index (χ4v) is 4.03. The quantitative estimate of drug-likeness (QED) is 0.523. The monoisotopic (exact) mass is 438 g/mol. The number of hydrogen-bond donors (Lipinski definition) is 0. The Morgan fingerprint density at radius 3 is 2.56 bits per heavy atom. The minimum Gasteiger partial charge on any atom is -0.363 e. The molecule has 136 valence electrons. The molecular formula is C15H14BrF3N2O3S. The number of sulfonamides is 1. The molecule has 2 rings (SSSR count). The second-order valence-corrected chi connectivity index (χ2v) is 7.73. The largest absolute Gasteiger partial charge is 0.416 e. The molecule has 0 unspecified atom stereocenters. The number of rotatable bonds is 5. The van der Waals surface area contributed by atoms with Gasteiger partial charge in [-0.25, -0.2) is 17.7 Å². The van der Waals surface area contributed by atoms with Gasteiger partial charge in [0.2, 0.25) is 0 Å². The lowest BCUT2D eigenvalue weighted by Crippen LogP contribution is -2.33. The van der Waals surface area contributed by atoms with Crippen molar-refractivity contribution in [3.8, 4) is 0 Å². The molecule has 1 heterocycles. The van der Waals surface area contributed by atoms with Gasteiger partial charge in [0.1, 0.15) is 11.3 Å². The molecule has 5 nitrogen and oxygen atoms in total. The Bertz CT molecular complexity index is 873. The number of halogens is 4. The topological polar surface area (TPSA) is 59.5 Å². The third-order valence-corrected chi connectivity index (χ3v) is 5.56. The van der Waals surface area contributed by atoms with E-state index in [1.54, 1.807) is 13.0 Å². The number of alkyl halides is 3. The summed E-state index contributed by atoms with van der Waals surface area (Å²) in [4.78, 5) is 3.53. The highest BCUT2D eigenvalue weighted by molar-refractivity contribution is 9.10. The van der Waals surface area contributed by atoms with Gasteiger partial charge in [-0.2, -0.15) is 13.2 Å². The zero-order chi connectivity index (χ0) is 18.8. The summed E-state index contributed by atoms with van der Waals surface area (Å²) in [6.07, 6.45) is -3.13. The van der Waals surface area contributed by atoms with Crippen LogP contribution < -0.4 is 4.31 Å². The van der Waals surface area contributed by atoms with Crippen molar-refractivity contribution in [2.75, 3.05) is 18.1 Å². The molecule has 0 saturated heterocycles. The van der Waals surface area contributed by atoms with E-state index in [1.807, 2.05) is 0 Å². The number of nitrogens with zero attached hydrogens (tertiary/aromatic N) is 2. The highest BCUT2D eigenvalue weighted by Crippen LogP contribution is 2.33. The standard InChI is InChI=1S/C15H14BrF3N2O3S/c1-10-6-13(14(16)20-8-10)21(9-24-2)25(22,23)12-5-3-4-11(7-12)15(17,18)19/h3-8H,9H2,1-2H3. The molecule has 0 N–H and O–H groups in total. The van der Waals surface area contributed by atoms with Crippen LogP contribution >= 0.6 is 15.9 Å². The first-order valence-electron chi connectivity index (χ1n) is 6.88. The van der Waals surface area contributed by atoms with E-state index in [-0.39, 0.29) is 17.0 Å². The van der Waals surface area contributed by atoms with Crippen molar-refractivity contribution in [3.63, 3.8) is 0 Å². The van der Waals surface area contributed by atoms with E-state index in [1.165, 1.54) is 13.3 Å². The first-order chi connectivity index (χ1) is 11.6. The number of aromatic nitrogens is 1. The highest BCUT2D eigenvalue weighted by atomic mass is 79.9. The molecule has 10 heteroatoms. The minimum absolute atomic E-state index is 0.166. The Morgan fingerprint density at radius 2 is 1.96 bits per heavy atom. The SMILES string of the molecule is COCN(c1cc(C)cnc1Br)S(=O)(=O)c1cccc(C(F)(F)F)c1. The Hall–Kier alpha value is -1.65. The molecule has 1 aromatic heterocycles. The second kappa shape index (κ2) is 7.30. The molecule has 0 aliphatic carbocycles. The average molecular weight is 439 g/mol. The predicted octanol–water partition coefficient (Wildman–Crippen LogP) is 3.97. The van der Waals surface area contributed by atoms with Crippen LogP contribution in [0.25, 0.3) is 0 Å². The number of ether oxygens (including phenoxy) is 1. The first kappa shape index (κ1) is 19.7. The predicted molar refractivity (Wildman–Crippen MR) is 89.7 cm³/mol. The van der Waals surface area contributed by atoms with Gasteiger partial charge in [-0.1, -0.05) is 6.07 Å². The van der Waals surface area contributed by atoms with Crippen LogP contribution in [0.2, 0.25) is 0 Å². The Kier molecular flexibility index (Phi) is 5.75. The molecule has 0 atom stereocenters. The summed E-state index contributed by atoms with van der Waals surface area (Å²) >= 11 is 3.16. The summed E-state index contributed by atoms with van der Waals surface area (Å²) in [6.45, 7) is 1.33. The van der Waals surface area contributed by atoms with Crippen LogP contribution in [-0.2, 0) is 20.9 Å². The zero-order valence-electron chi connectivity index (χ0n) is 13.2. The van der Waals surface area contributed by atoms with Gasteiger partial charge in [0.25, 0.3) is 10.0 Å². The molecule has 0 aliphatic rings. The zero-order valence-corrected chi connectivity index (χ0v) is 15.6. The molecule has 0 aliphatic heterocycles. The van der Waals surface area contributed by atoms with Gasteiger partial charge < -0.3 is 4.74 Å². The number of methoxy groups -OCH3 is 1. The van der Waals surface area contributed by atoms with E-state index < -0.39 is 26.7 Å². The lowest BCUT2D eigenvalue weighted by atomic mass is 10.2. The summed E-state index contributed by atoms with van der Waals surface area (Å²) in [5.74, 6) is 0. The second-order valence-electron chi connectivity index (χ2n) is 5.12. The van der Waals surface area contributed by atoms with Crippen molar-refractivity contribution in [2.45, 2.75) is 18.0 Å². The van der Waals surface area contributed by atoms with Crippen LogP contribution in [0.1, 0.15) is 11.1 Å². The molecule has 0 saturated carbocycles. The third kappa shape index (κ3) is 4.31. The Labute approximate surface area is 151 Å². The fourth-order valence-electron chi connectivity index (χ4n) is 2.06. The molecule has 0 spiro atoms. The summed E-state index contributed by atoms with van der Waals surface area (Å²) in [7, 11) is -3.02. The highest BCUT2D eigenvalue weighted by Gasteiger charge is 2.33. The summed E-state index contributed by atoms with van der Waals surface area (Å²) < 4.78 is 70.5. The lowest BCUT2D eigenvalue weighted by Gasteiger charge is -2.24. The molecule has 0 fully saturated rings. The van der Waals surface area contributed by atoms with Crippen molar-refractivity contribution in [3.05, 3.63) is 52.3 Å². The number of benzene rings is 1. The van der Waals surface area contributed by atoms with E-state index in [2.05, 4.69) is 20.9 Å². The van der Waals surface area contributed by atoms with Crippen LogP contribution in [0.4, 0.5) is 18.9 Å². The average Bonchev–Trinajstić information content (AvgIpc) is 2.54. The third-order valence-electron chi connectivity index (χ3n) is 3.22. The lowest BCUT2D eigenvalue weighted by molar-refractivity contribution is -0.137. The Morgan fingerprint density at radius 1 is 1.28 bits per heavy atom.